The van der Waals surface area contributed by atoms with Crippen molar-refractivity contribution < 1.29 is 9.42 Å². The molecule has 0 bridgehead atoms. The molecule has 1 fully saturated rings. The van der Waals surface area contributed by atoms with Gasteiger partial charge in [0.1, 0.15) is 17.2 Å². The van der Waals surface area contributed by atoms with E-state index in [4.69, 9.17) is 0 Å². The number of imidazole rings is 1. The SMILES string of the molecule is Cc1ccc2nc([C@@H]3CCCN3C(=O)Cc3nonc3C)[nH]c2c1. The van der Waals surface area contributed by atoms with Crippen LogP contribution in [0.2, 0.25) is 0 Å². The topological polar surface area (TPSA) is 87.9 Å². The molecule has 1 aliphatic heterocycles. The van der Waals surface area contributed by atoms with Gasteiger partial charge in [0.05, 0.1) is 23.5 Å². The number of nitrogens with one attached hydrogen (secondary N) is 1. The number of aromatic nitrogens is 4. The summed E-state index contributed by atoms with van der Waals surface area (Å²) in [5, 5.41) is 7.55. The number of rotatable bonds is 3. The number of likely N-dealkylation sites (tertiary alicyclic amines) is 1. The molecule has 3 aromatic rings. The number of aromatic amines is 1. The minimum atomic E-state index is -0.00891. The number of nitrogens with zero attached hydrogens (tertiary/aromatic N) is 4. The van der Waals surface area contributed by atoms with Crippen molar-refractivity contribution in [2.75, 3.05) is 6.54 Å². The van der Waals surface area contributed by atoms with E-state index in [1.165, 1.54) is 5.56 Å². The average molecular weight is 325 g/mol. The van der Waals surface area contributed by atoms with E-state index in [2.05, 4.69) is 37.9 Å². The quantitative estimate of drug-likeness (QED) is 0.799. The van der Waals surface area contributed by atoms with Crippen LogP contribution in [0.4, 0.5) is 0 Å². The lowest BCUT2D eigenvalue weighted by molar-refractivity contribution is -0.131. The molecule has 7 heteroatoms. The average Bonchev–Trinajstić information content (AvgIpc) is 3.26. The molecule has 4 rings (SSSR count). The van der Waals surface area contributed by atoms with Crippen molar-refractivity contribution in [3.05, 3.63) is 41.0 Å². The largest absolute Gasteiger partial charge is 0.340 e. The molecule has 7 nitrogen and oxygen atoms in total. The summed E-state index contributed by atoms with van der Waals surface area (Å²) in [4.78, 5) is 22.6. The Morgan fingerprint density at radius 1 is 1.38 bits per heavy atom. The number of amides is 1. The molecule has 3 heterocycles. The summed E-state index contributed by atoms with van der Waals surface area (Å²) in [7, 11) is 0. The molecule has 1 atom stereocenters. The minimum absolute atomic E-state index is 0.00891. The van der Waals surface area contributed by atoms with Crippen molar-refractivity contribution in [2.24, 2.45) is 0 Å². The van der Waals surface area contributed by atoms with Crippen molar-refractivity contribution in [2.45, 2.75) is 39.2 Å². The number of carbonyl (C=O) groups is 1. The van der Waals surface area contributed by atoms with Gasteiger partial charge in [0.15, 0.2) is 0 Å². The van der Waals surface area contributed by atoms with Gasteiger partial charge < -0.3 is 9.88 Å². The Kier molecular flexibility index (Phi) is 3.55. The molecule has 0 radical (unpaired) electrons. The van der Waals surface area contributed by atoms with E-state index >= 15 is 0 Å². The van der Waals surface area contributed by atoms with Gasteiger partial charge in [-0.15, -0.1) is 0 Å². The summed E-state index contributed by atoms with van der Waals surface area (Å²) >= 11 is 0. The predicted molar refractivity (Wildman–Crippen MR) is 87.3 cm³/mol. The maximum absolute atomic E-state index is 12.7. The summed E-state index contributed by atoms with van der Waals surface area (Å²) in [6.07, 6.45) is 2.11. The number of H-pyrrole nitrogens is 1. The highest BCUT2D eigenvalue weighted by Crippen LogP contribution is 2.32. The molecular weight excluding hydrogens is 306 g/mol. The summed E-state index contributed by atoms with van der Waals surface area (Å²) in [5.74, 6) is 0.893. The Morgan fingerprint density at radius 3 is 3.04 bits per heavy atom. The van der Waals surface area contributed by atoms with Crippen molar-refractivity contribution >= 4 is 16.9 Å². The van der Waals surface area contributed by atoms with Gasteiger partial charge in [0.25, 0.3) is 0 Å². The zero-order chi connectivity index (χ0) is 16.7. The first-order valence-corrected chi connectivity index (χ1v) is 8.15. The van der Waals surface area contributed by atoms with Crippen LogP contribution in [0.15, 0.2) is 22.8 Å². The van der Waals surface area contributed by atoms with Crippen LogP contribution in [0.3, 0.4) is 0 Å². The van der Waals surface area contributed by atoms with E-state index in [1.807, 2.05) is 17.0 Å². The molecule has 124 valence electrons. The van der Waals surface area contributed by atoms with Gasteiger partial charge in [-0.3, -0.25) is 4.79 Å². The molecular formula is C17H19N5O2. The Balaban J connectivity index is 1.59. The Labute approximate surface area is 139 Å². The molecule has 1 N–H and O–H groups in total. The zero-order valence-electron chi connectivity index (χ0n) is 13.7. The highest BCUT2D eigenvalue weighted by molar-refractivity contribution is 5.80. The Hall–Kier alpha value is -2.70. The van der Waals surface area contributed by atoms with Crippen molar-refractivity contribution in [3.63, 3.8) is 0 Å². The molecule has 0 spiro atoms. The molecule has 1 amide bonds. The molecule has 0 aliphatic carbocycles. The minimum Gasteiger partial charge on any atom is -0.340 e. The van der Waals surface area contributed by atoms with E-state index in [-0.39, 0.29) is 18.4 Å². The molecule has 24 heavy (non-hydrogen) atoms. The first kappa shape index (κ1) is 14.9. The fraction of sp³-hybridized carbons (Fsp3) is 0.412. The van der Waals surface area contributed by atoms with E-state index < -0.39 is 0 Å². The number of fused-ring (bicyclic) bond motifs is 1. The summed E-state index contributed by atoms with van der Waals surface area (Å²) < 4.78 is 4.68. The van der Waals surface area contributed by atoms with Crippen LogP contribution in [0.5, 0.6) is 0 Å². The molecule has 1 aromatic carbocycles. The Bertz CT molecular complexity index is 897. The number of hydrogen-bond donors (Lipinski definition) is 1. The third-order valence-corrected chi connectivity index (χ3v) is 4.61. The summed E-state index contributed by atoms with van der Waals surface area (Å²) in [6, 6.07) is 6.13. The smallest absolute Gasteiger partial charge is 0.229 e. The van der Waals surface area contributed by atoms with Crippen molar-refractivity contribution in [1.29, 1.82) is 0 Å². The predicted octanol–water partition coefficient (Wildman–Crippen LogP) is 2.47. The van der Waals surface area contributed by atoms with Gasteiger partial charge in [0.2, 0.25) is 5.91 Å². The molecule has 1 aliphatic rings. The van der Waals surface area contributed by atoms with Gasteiger partial charge in [0, 0.05) is 6.54 Å². The van der Waals surface area contributed by atoms with Crippen LogP contribution >= 0.6 is 0 Å². The molecule has 2 aromatic heterocycles. The second kappa shape index (κ2) is 5.74. The monoisotopic (exact) mass is 325 g/mol. The van der Waals surface area contributed by atoms with Crippen molar-refractivity contribution in [1.82, 2.24) is 25.2 Å². The maximum atomic E-state index is 12.7. The normalized spacial score (nSPS) is 17.8. The fourth-order valence-electron chi connectivity index (χ4n) is 3.31. The standard InChI is InChI=1S/C17H19N5O2/c1-10-5-6-12-14(8-10)19-17(18-12)15-4-3-7-22(15)16(23)9-13-11(2)20-24-21-13/h5-6,8,15H,3-4,7,9H2,1-2H3,(H,18,19)/t15-/m0/s1. The molecule has 0 saturated carbocycles. The van der Waals surface area contributed by atoms with Gasteiger partial charge in [-0.1, -0.05) is 16.4 Å². The maximum Gasteiger partial charge on any atom is 0.229 e. The first-order valence-electron chi connectivity index (χ1n) is 8.15. The van der Waals surface area contributed by atoms with E-state index in [1.54, 1.807) is 6.92 Å². The van der Waals surface area contributed by atoms with Gasteiger partial charge >= 0.3 is 0 Å². The molecule has 0 unspecified atom stereocenters. The van der Waals surface area contributed by atoms with E-state index in [0.29, 0.717) is 11.4 Å². The van der Waals surface area contributed by atoms with Crippen LogP contribution < -0.4 is 0 Å². The van der Waals surface area contributed by atoms with Crippen LogP contribution in [-0.4, -0.2) is 37.6 Å². The third-order valence-electron chi connectivity index (χ3n) is 4.61. The number of benzene rings is 1. The second-order valence-electron chi connectivity index (χ2n) is 6.36. The fourth-order valence-corrected chi connectivity index (χ4v) is 3.31. The van der Waals surface area contributed by atoms with Crippen molar-refractivity contribution in [3.8, 4) is 0 Å². The highest BCUT2D eigenvalue weighted by Gasteiger charge is 2.32. The highest BCUT2D eigenvalue weighted by atomic mass is 16.6. The number of hydrogen-bond acceptors (Lipinski definition) is 5. The van der Waals surface area contributed by atoms with Gasteiger partial charge in [-0.2, -0.15) is 0 Å². The first-order chi connectivity index (χ1) is 11.6. The van der Waals surface area contributed by atoms with E-state index in [0.717, 1.165) is 36.2 Å². The Morgan fingerprint density at radius 2 is 2.25 bits per heavy atom. The van der Waals surface area contributed by atoms with Crippen LogP contribution in [0.1, 0.15) is 41.7 Å². The second-order valence-corrected chi connectivity index (χ2v) is 6.36. The third kappa shape index (κ3) is 2.55. The van der Waals surface area contributed by atoms with E-state index in [9.17, 15) is 4.79 Å². The lowest BCUT2D eigenvalue weighted by atomic mass is 10.2. The van der Waals surface area contributed by atoms with Crippen LogP contribution in [-0.2, 0) is 11.2 Å². The van der Waals surface area contributed by atoms with Crippen LogP contribution in [0, 0.1) is 13.8 Å². The summed E-state index contributed by atoms with van der Waals surface area (Å²) in [6.45, 7) is 4.59. The zero-order valence-corrected chi connectivity index (χ0v) is 13.7. The van der Waals surface area contributed by atoms with Crippen LogP contribution in [0.25, 0.3) is 11.0 Å². The van der Waals surface area contributed by atoms with Gasteiger partial charge in [-0.05, 0) is 44.4 Å². The number of carbonyl (C=O) groups excluding carboxylic acids is 1. The summed E-state index contributed by atoms with van der Waals surface area (Å²) in [5.41, 5.74) is 4.41. The molecule has 1 saturated heterocycles. The van der Waals surface area contributed by atoms with Gasteiger partial charge in [-0.25, -0.2) is 9.61 Å². The number of aryl methyl sites for hydroxylation is 2. The lowest BCUT2D eigenvalue weighted by Gasteiger charge is -2.22. The lowest BCUT2D eigenvalue weighted by Crippen LogP contribution is -2.32.